The number of hydrogen-bond acceptors (Lipinski definition) is 2. The summed E-state index contributed by atoms with van der Waals surface area (Å²) in [5.41, 5.74) is 6.91. The Kier molecular flexibility index (Phi) is 6.03. The molecule has 0 amide bonds. The fourth-order valence-corrected chi connectivity index (χ4v) is 1.31. The molecule has 0 radical (unpaired) electrons. The summed E-state index contributed by atoms with van der Waals surface area (Å²) in [6.07, 6.45) is 1.58. The van der Waals surface area contributed by atoms with Gasteiger partial charge in [0.05, 0.1) is 0 Å². The molecule has 1 rings (SSSR count). The van der Waals surface area contributed by atoms with Gasteiger partial charge in [-0.1, -0.05) is 30.3 Å². The molecule has 0 saturated heterocycles. The van der Waals surface area contributed by atoms with Crippen molar-refractivity contribution >= 4 is 5.96 Å². The molecule has 4 nitrogen and oxygen atoms in total. The van der Waals surface area contributed by atoms with Gasteiger partial charge in [-0.25, -0.2) is 0 Å². The van der Waals surface area contributed by atoms with Crippen LogP contribution in [0.1, 0.15) is 12.0 Å². The smallest absolute Gasteiger partial charge is 0.188 e. The van der Waals surface area contributed by atoms with Gasteiger partial charge in [0.2, 0.25) is 0 Å². The zero-order valence-electron chi connectivity index (χ0n) is 9.39. The van der Waals surface area contributed by atoms with Crippen LogP contribution >= 0.6 is 0 Å². The maximum atomic E-state index is 8.57. The quantitative estimate of drug-likeness (QED) is 0.372. The third-order valence-corrected chi connectivity index (χ3v) is 2.16. The van der Waals surface area contributed by atoms with Crippen LogP contribution in [0.5, 0.6) is 0 Å². The van der Waals surface area contributed by atoms with Crippen molar-refractivity contribution in [2.45, 2.75) is 12.8 Å². The van der Waals surface area contributed by atoms with Crippen LogP contribution in [-0.4, -0.2) is 30.8 Å². The van der Waals surface area contributed by atoms with E-state index < -0.39 is 0 Å². The third-order valence-electron chi connectivity index (χ3n) is 2.16. The molecule has 4 N–H and O–H groups in total. The van der Waals surface area contributed by atoms with Crippen LogP contribution in [0.15, 0.2) is 35.3 Å². The third kappa shape index (κ3) is 5.36. The Labute approximate surface area is 96.2 Å². The van der Waals surface area contributed by atoms with Crippen molar-refractivity contribution in [1.82, 2.24) is 5.32 Å². The number of aliphatic hydroxyl groups is 1. The first-order valence-corrected chi connectivity index (χ1v) is 5.51. The number of rotatable bonds is 6. The monoisotopic (exact) mass is 221 g/mol. The second-order valence-corrected chi connectivity index (χ2v) is 3.51. The second kappa shape index (κ2) is 7.70. The molecular formula is C12H19N3O. The maximum Gasteiger partial charge on any atom is 0.188 e. The van der Waals surface area contributed by atoms with Gasteiger partial charge in [0, 0.05) is 19.7 Å². The largest absolute Gasteiger partial charge is 0.396 e. The van der Waals surface area contributed by atoms with E-state index in [-0.39, 0.29) is 6.61 Å². The van der Waals surface area contributed by atoms with E-state index >= 15 is 0 Å². The van der Waals surface area contributed by atoms with Crippen LogP contribution in [0.4, 0.5) is 0 Å². The number of nitrogens with two attached hydrogens (primary N) is 1. The van der Waals surface area contributed by atoms with Crippen molar-refractivity contribution in [2.75, 3.05) is 19.7 Å². The van der Waals surface area contributed by atoms with Crippen molar-refractivity contribution in [3.63, 3.8) is 0 Å². The number of nitrogens with one attached hydrogen (secondary N) is 1. The fraction of sp³-hybridized carbons (Fsp3) is 0.417. The highest BCUT2D eigenvalue weighted by atomic mass is 16.3. The highest BCUT2D eigenvalue weighted by Gasteiger charge is 1.93. The standard InChI is InChI=1S/C12H19N3O/c13-12(14-8-4-10-16)15-9-7-11-5-2-1-3-6-11/h1-3,5-6,16H,4,7-10H2,(H3,13,14,15). The summed E-state index contributed by atoms with van der Waals surface area (Å²) in [5, 5.41) is 11.6. The van der Waals surface area contributed by atoms with E-state index in [0.29, 0.717) is 18.9 Å². The molecular weight excluding hydrogens is 202 g/mol. The lowest BCUT2D eigenvalue weighted by atomic mass is 10.1. The molecule has 0 aliphatic rings. The summed E-state index contributed by atoms with van der Waals surface area (Å²) in [7, 11) is 0. The van der Waals surface area contributed by atoms with E-state index in [4.69, 9.17) is 10.8 Å². The Bertz CT molecular complexity index is 311. The average Bonchev–Trinajstić information content (AvgIpc) is 2.31. The molecule has 1 aromatic rings. The van der Waals surface area contributed by atoms with Crippen LogP contribution in [0.25, 0.3) is 0 Å². The lowest BCUT2D eigenvalue weighted by Crippen LogP contribution is -2.33. The van der Waals surface area contributed by atoms with Crippen LogP contribution in [-0.2, 0) is 6.42 Å². The predicted octanol–water partition coefficient (Wildman–Crippen LogP) is 0.516. The number of benzene rings is 1. The van der Waals surface area contributed by atoms with Crippen LogP contribution in [0.2, 0.25) is 0 Å². The molecule has 4 heteroatoms. The van der Waals surface area contributed by atoms with Gasteiger partial charge in [-0.2, -0.15) is 0 Å². The molecule has 0 atom stereocenters. The molecule has 0 aliphatic carbocycles. The Morgan fingerprint density at radius 3 is 2.75 bits per heavy atom. The minimum absolute atomic E-state index is 0.154. The highest BCUT2D eigenvalue weighted by Crippen LogP contribution is 1.97. The lowest BCUT2D eigenvalue weighted by molar-refractivity contribution is 0.291. The summed E-state index contributed by atoms with van der Waals surface area (Å²) in [4.78, 5) is 4.07. The molecule has 0 heterocycles. The summed E-state index contributed by atoms with van der Waals surface area (Å²) in [5.74, 6) is 0.449. The predicted molar refractivity (Wildman–Crippen MR) is 66.3 cm³/mol. The van der Waals surface area contributed by atoms with Gasteiger partial charge in [-0.15, -0.1) is 0 Å². The Hall–Kier alpha value is -1.55. The minimum Gasteiger partial charge on any atom is -0.396 e. The maximum absolute atomic E-state index is 8.57. The average molecular weight is 221 g/mol. The van der Waals surface area contributed by atoms with Gasteiger partial charge in [0.1, 0.15) is 0 Å². The lowest BCUT2D eigenvalue weighted by Gasteiger charge is -2.05. The van der Waals surface area contributed by atoms with Crippen molar-refractivity contribution in [1.29, 1.82) is 0 Å². The molecule has 16 heavy (non-hydrogen) atoms. The van der Waals surface area contributed by atoms with Crippen molar-refractivity contribution < 1.29 is 5.11 Å². The molecule has 0 aromatic heterocycles. The van der Waals surface area contributed by atoms with Crippen molar-refractivity contribution in [3.8, 4) is 0 Å². The minimum atomic E-state index is 0.154. The molecule has 0 spiro atoms. The second-order valence-electron chi connectivity index (χ2n) is 3.51. The molecule has 88 valence electrons. The molecule has 0 bridgehead atoms. The van der Waals surface area contributed by atoms with Gasteiger partial charge in [-0.05, 0) is 18.4 Å². The van der Waals surface area contributed by atoms with E-state index in [9.17, 15) is 0 Å². The van der Waals surface area contributed by atoms with Crippen molar-refractivity contribution in [2.24, 2.45) is 10.7 Å². The van der Waals surface area contributed by atoms with Gasteiger partial charge in [0.25, 0.3) is 0 Å². The fourth-order valence-electron chi connectivity index (χ4n) is 1.31. The Balaban J connectivity index is 2.18. The SMILES string of the molecule is NC(=NCCCO)NCCc1ccccc1. The first-order chi connectivity index (χ1) is 7.83. The Morgan fingerprint density at radius 1 is 1.31 bits per heavy atom. The van der Waals surface area contributed by atoms with Gasteiger partial charge >= 0.3 is 0 Å². The number of nitrogens with zero attached hydrogens (tertiary/aromatic N) is 1. The van der Waals surface area contributed by atoms with E-state index in [2.05, 4.69) is 22.4 Å². The van der Waals surface area contributed by atoms with Gasteiger partial charge < -0.3 is 16.2 Å². The Morgan fingerprint density at radius 2 is 2.06 bits per heavy atom. The first kappa shape index (κ1) is 12.5. The topological polar surface area (TPSA) is 70.6 Å². The number of aliphatic imine (C=N–C) groups is 1. The summed E-state index contributed by atoms with van der Waals surface area (Å²) >= 11 is 0. The summed E-state index contributed by atoms with van der Waals surface area (Å²) < 4.78 is 0. The normalized spacial score (nSPS) is 11.4. The van der Waals surface area contributed by atoms with Gasteiger partial charge in [-0.3, -0.25) is 4.99 Å². The zero-order valence-corrected chi connectivity index (χ0v) is 9.39. The van der Waals surface area contributed by atoms with Crippen molar-refractivity contribution in [3.05, 3.63) is 35.9 Å². The summed E-state index contributed by atoms with van der Waals surface area (Å²) in [6.45, 7) is 1.50. The van der Waals surface area contributed by atoms with E-state index in [1.807, 2.05) is 18.2 Å². The molecule has 0 saturated carbocycles. The van der Waals surface area contributed by atoms with Crippen LogP contribution in [0.3, 0.4) is 0 Å². The summed E-state index contributed by atoms with van der Waals surface area (Å²) in [6, 6.07) is 10.2. The molecule has 1 aromatic carbocycles. The first-order valence-electron chi connectivity index (χ1n) is 5.51. The van der Waals surface area contributed by atoms with E-state index in [1.54, 1.807) is 0 Å². The number of hydrogen-bond donors (Lipinski definition) is 3. The van der Waals surface area contributed by atoms with Gasteiger partial charge in [0.15, 0.2) is 5.96 Å². The van der Waals surface area contributed by atoms with Crippen LogP contribution in [0, 0.1) is 0 Å². The number of guanidine groups is 1. The van der Waals surface area contributed by atoms with Crippen LogP contribution < -0.4 is 11.1 Å². The van der Waals surface area contributed by atoms with E-state index in [0.717, 1.165) is 13.0 Å². The number of aliphatic hydroxyl groups excluding tert-OH is 1. The van der Waals surface area contributed by atoms with E-state index in [1.165, 1.54) is 5.56 Å². The zero-order chi connectivity index (χ0) is 11.6. The molecule has 0 fully saturated rings. The highest BCUT2D eigenvalue weighted by molar-refractivity contribution is 5.77. The molecule has 0 aliphatic heterocycles. The molecule has 0 unspecified atom stereocenters.